The molecule has 0 saturated carbocycles. The zero-order valence-electron chi connectivity index (χ0n) is 17.5. The van der Waals surface area contributed by atoms with E-state index < -0.39 is 0 Å². The first kappa shape index (κ1) is 19.3. The van der Waals surface area contributed by atoms with Gasteiger partial charge in [-0.1, -0.05) is 30.3 Å². The highest BCUT2D eigenvalue weighted by atomic mass is 16.3. The molecule has 156 valence electrons. The second-order valence-corrected chi connectivity index (χ2v) is 7.95. The number of anilines is 3. The van der Waals surface area contributed by atoms with Gasteiger partial charge < -0.3 is 20.2 Å². The quantitative estimate of drug-likeness (QED) is 0.516. The van der Waals surface area contributed by atoms with Gasteiger partial charge >= 0.3 is 0 Å². The Labute approximate surface area is 181 Å². The number of aromatic hydroxyl groups is 1. The molecular formula is C25H25N5O. The number of hydrogen-bond acceptors (Lipinski definition) is 6. The maximum absolute atomic E-state index is 9.60. The van der Waals surface area contributed by atoms with Gasteiger partial charge in [0.1, 0.15) is 5.75 Å². The number of phenolic OH excluding ortho intramolecular Hbond substituents is 1. The summed E-state index contributed by atoms with van der Waals surface area (Å²) < 4.78 is 0. The Morgan fingerprint density at radius 3 is 2.35 bits per heavy atom. The highest BCUT2D eigenvalue weighted by molar-refractivity contribution is 5.94. The van der Waals surface area contributed by atoms with Crippen molar-refractivity contribution in [3.63, 3.8) is 0 Å². The molecule has 0 spiro atoms. The highest BCUT2D eigenvalue weighted by Crippen LogP contribution is 2.29. The number of aromatic nitrogens is 2. The number of hydrogen-bond donors (Lipinski definition) is 2. The molecule has 1 saturated heterocycles. The number of piperazine rings is 1. The molecule has 1 fully saturated rings. The van der Waals surface area contributed by atoms with E-state index in [1.165, 1.54) is 5.69 Å². The Morgan fingerprint density at radius 2 is 1.61 bits per heavy atom. The fourth-order valence-electron chi connectivity index (χ4n) is 3.94. The normalized spacial score (nSPS) is 14.7. The molecule has 0 bridgehead atoms. The summed E-state index contributed by atoms with van der Waals surface area (Å²) >= 11 is 0. The first-order valence-corrected chi connectivity index (χ1v) is 10.5. The van der Waals surface area contributed by atoms with Gasteiger partial charge in [-0.05, 0) is 49.0 Å². The van der Waals surface area contributed by atoms with Gasteiger partial charge in [-0.3, -0.25) is 0 Å². The average molecular weight is 412 g/mol. The molecule has 3 aromatic carbocycles. The first-order chi connectivity index (χ1) is 15.2. The lowest BCUT2D eigenvalue weighted by Crippen LogP contribution is -2.44. The van der Waals surface area contributed by atoms with Crippen LogP contribution < -0.4 is 10.2 Å². The number of nitrogens with one attached hydrogen (secondary N) is 1. The molecule has 1 aliphatic heterocycles. The summed E-state index contributed by atoms with van der Waals surface area (Å²) in [7, 11) is 2.17. The molecule has 4 aromatic rings. The molecule has 1 aromatic heterocycles. The molecule has 6 nitrogen and oxygen atoms in total. The van der Waals surface area contributed by atoms with Crippen LogP contribution in [0.2, 0.25) is 0 Å². The summed E-state index contributed by atoms with van der Waals surface area (Å²) in [4.78, 5) is 14.1. The van der Waals surface area contributed by atoms with E-state index in [1.807, 2.05) is 36.5 Å². The topological polar surface area (TPSA) is 64.5 Å². The van der Waals surface area contributed by atoms with E-state index in [4.69, 9.17) is 4.98 Å². The van der Waals surface area contributed by atoms with Gasteiger partial charge in [0.2, 0.25) is 5.95 Å². The van der Waals surface area contributed by atoms with Crippen molar-refractivity contribution in [3.8, 4) is 16.9 Å². The predicted molar refractivity (Wildman–Crippen MR) is 126 cm³/mol. The lowest BCUT2D eigenvalue weighted by atomic mass is 10.0. The largest absolute Gasteiger partial charge is 0.508 e. The van der Waals surface area contributed by atoms with Crippen LogP contribution in [0.25, 0.3) is 22.0 Å². The minimum Gasteiger partial charge on any atom is -0.508 e. The summed E-state index contributed by atoms with van der Waals surface area (Å²) in [5.41, 5.74) is 5.09. The van der Waals surface area contributed by atoms with E-state index in [2.05, 4.69) is 51.4 Å². The van der Waals surface area contributed by atoms with Gasteiger partial charge in [-0.25, -0.2) is 9.97 Å². The third-order valence-electron chi connectivity index (χ3n) is 5.78. The number of benzene rings is 3. The number of para-hydroxylation sites is 1. The van der Waals surface area contributed by atoms with E-state index in [1.54, 1.807) is 12.1 Å². The number of nitrogens with zero attached hydrogens (tertiary/aromatic N) is 4. The smallest absolute Gasteiger partial charge is 0.227 e. The van der Waals surface area contributed by atoms with Gasteiger partial charge in [0.05, 0.1) is 5.52 Å². The molecule has 0 aliphatic carbocycles. The van der Waals surface area contributed by atoms with Crippen LogP contribution in [0, 0.1) is 0 Å². The molecular weight excluding hydrogens is 386 g/mol. The van der Waals surface area contributed by atoms with Gasteiger partial charge in [0.15, 0.2) is 0 Å². The molecule has 2 N–H and O–H groups in total. The lowest BCUT2D eigenvalue weighted by molar-refractivity contribution is 0.313. The highest BCUT2D eigenvalue weighted by Gasteiger charge is 2.14. The van der Waals surface area contributed by atoms with E-state index in [0.717, 1.165) is 53.9 Å². The second-order valence-electron chi connectivity index (χ2n) is 7.95. The first-order valence-electron chi connectivity index (χ1n) is 10.5. The van der Waals surface area contributed by atoms with E-state index in [-0.39, 0.29) is 5.75 Å². The van der Waals surface area contributed by atoms with E-state index in [9.17, 15) is 5.11 Å². The van der Waals surface area contributed by atoms with Crippen LogP contribution in [0.1, 0.15) is 0 Å². The summed E-state index contributed by atoms with van der Waals surface area (Å²) in [6, 6.07) is 21.7. The van der Waals surface area contributed by atoms with Crippen molar-refractivity contribution in [1.29, 1.82) is 0 Å². The van der Waals surface area contributed by atoms with Gasteiger partial charge in [-0.15, -0.1) is 0 Å². The molecule has 1 aliphatic rings. The molecule has 31 heavy (non-hydrogen) atoms. The molecule has 0 unspecified atom stereocenters. The van der Waals surface area contributed by atoms with Gasteiger partial charge in [0.25, 0.3) is 0 Å². The molecule has 0 radical (unpaired) electrons. The third-order valence-corrected chi connectivity index (χ3v) is 5.78. The van der Waals surface area contributed by atoms with Crippen molar-refractivity contribution in [2.75, 3.05) is 43.4 Å². The Morgan fingerprint density at radius 1 is 0.871 bits per heavy atom. The Kier molecular flexibility index (Phi) is 5.14. The summed E-state index contributed by atoms with van der Waals surface area (Å²) in [5, 5.41) is 13.9. The predicted octanol–water partition coefficient (Wildman–Crippen LogP) is 4.50. The van der Waals surface area contributed by atoms with E-state index in [0.29, 0.717) is 5.95 Å². The zero-order chi connectivity index (χ0) is 21.2. The molecule has 0 amide bonds. The SMILES string of the molecule is CN1CCN(c2ccc(Nc3ncc4cccc(-c5ccc(O)cc5)c4n3)cc2)CC1. The summed E-state index contributed by atoms with van der Waals surface area (Å²) in [5.74, 6) is 0.812. The Bertz CT molecular complexity index is 1180. The van der Waals surface area contributed by atoms with Crippen molar-refractivity contribution in [2.45, 2.75) is 0 Å². The molecule has 6 heteroatoms. The van der Waals surface area contributed by atoms with Crippen molar-refractivity contribution in [3.05, 3.63) is 72.9 Å². The number of fused-ring (bicyclic) bond motifs is 1. The minimum atomic E-state index is 0.251. The zero-order valence-corrected chi connectivity index (χ0v) is 17.5. The lowest BCUT2D eigenvalue weighted by Gasteiger charge is -2.34. The van der Waals surface area contributed by atoms with Crippen molar-refractivity contribution < 1.29 is 5.11 Å². The molecule has 0 atom stereocenters. The molecule has 2 heterocycles. The van der Waals surface area contributed by atoms with Gasteiger partial charge in [-0.2, -0.15) is 0 Å². The summed E-state index contributed by atoms with van der Waals surface area (Å²) in [6.45, 7) is 4.29. The Hall–Kier alpha value is -3.64. The summed E-state index contributed by atoms with van der Waals surface area (Å²) in [6.07, 6.45) is 1.84. The standard InChI is InChI=1S/C25H25N5O/c1-29-13-15-30(16-14-29)21-9-7-20(8-10-21)27-25-26-17-19-3-2-4-23(24(19)28-25)18-5-11-22(31)12-6-18/h2-12,17,31H,13-16H2,1H3,(H,26,27,28). The van der Waals surface area contributed by atoms with Crippen molar-refractivity contribution in [2.24, 2.45) is 0 Å². The fourth-order valence-corrected chi connectivity index (χ4v) is 3.94. The fraction of sp³-hybridized carbons (Fsp3) is 0.200. The van der Waals surface area contributed by atoms with Crippen LogP contribution >= 0.6 is 0 Å². The van der Waals surface area contributed by atoms with Crippen LogP contribution in [0.15, 0.2) is 72.9 Å². The number of rotatable bonds is 4. The number of likely N-dealkylation sites (N-methyl/N-ethyl adjacent to an activating group) is 1. The van der Waals surface area contributed by atoms with Crippen LogP contribution in [0.3, 0.4) is 0 Å². The average Bonchev–Trinajstić information content (AvgIpc) is 2.80. The van der Waals surface area contributed by atoms with Crippen LogP contribution in [-0.4, -0.2) is 53.2 Å². The molecule has 5 rings (SSSR count). The van der Waals surface area contributed by atoms with Crippen LogP contribution in [-0.2, 0) is 0 Å². The van der Waals surface area contributed by atoms with Gasteiger partial charge in [0, 0.05) is 54.7 Å². The minimum absolute atomic E-state index is 0.251. The maximum atomic E-state index is 9.60. The second kappa shape index (κ2) is 8.24. The monoisotopic (exact) mass is 411 g/mol. The van der Waals surface area contributed by atoms with Crippen molar-refractivity contribution in [1.82, 2.24) is 14.9 Å². The van der Waals surface area contributed by atoms with E-state index >= 15 is 0 Å². The Balaban J connectivity index is 1.39. The van der Waals surface area contributed by atoms with Crippen LogP contribution in [0.5, 0.6) is 5.75 Å². The maximum Gasteiger partial charge on any atom is 0.227 e. The third kappa shape index (κ3) is 4.15. The van der Waals surface area contributed by atoms with Crippen molar-refractivity contribution >= 4 is 28.2 Å². The number of phenols is 1. The van der Waals surface area contributed by atoms with Crippen LogP contribution in [0.4, 0.5) is 17.3 Å².